The Morgan fingerprint density at radius 1 is 1.47 bits per heavy atom. The summed E-state index contributed by atoms with van der Waals surface area (Å²) in [6.07, 6.45) is 4.23. The highest BCUT2D eigenvalue weighted by atomic mass is 16.4. The summed E-state index contributed by atoms with van der Waals surface area (Å²) in [6.45, 7) is 0.275. The van der Waals surface area contributed by atoms with Crippen LogP contribution in [0.4, 0.5) is 0 Å². The Labute approximate surface area is 108 Å². The minimum atomic E-state index is -1.27. The van der Waals surface area contributed by atoms with Crippen molar-refractivity contribution < 1.29 is 9.90 Å². The lowest BCUT2D eigenvalue weighted by Gasteiger charge is -2.08. The number of carbonyl (C=O) groups is 1. The molecule has 0 spiro atoms. The maximum Gasteiger partial charge on any atom is 0.341 e. The Morgan fingerprint density at radius 3 is 2.95 bits per heavy atom. The van der Waals surface area contributed by atoms with Crippen LogP contribution in [-0.4, -0.2) is 20.6 Å². The third-order valence-corrected chi connectivity index (χ3v) is 2.56. The van der Waals surface area contributed by atoms with Gasteiger partial charge in [0.1, 0.15) is 17.3 Å². The van der Waals surface area contributed by atoms with Crippen molar-refractivity contribution >= 4 is 5.97 Å². The third-order valence-electron chi connectivity index (χ3n) is 2.56. The molecule has 2 aromatic heterocycles. The lowest BCUT2D eigenvalue weighted by Crippen LogP contribution is -2.17. The fourth-order valence-corrected chi connectivity index (χ4v) is 1.65. The molecule has 2 heterocycles. The van der Waals surface area contributed by atoms with E-state index in [-0.39, 0.29) is 17.8 Å². The first kappa shape index (κ1) is 12.5. The lowest BCUT2D eigenvalue weighted by molar-refractivity contribution is 0.0694. The Kier molecular flexibility index (Phi) is 3.39. The summed E-state index contributed by atoms with van der Waals surface area (Å²) in [5.74, 6) is -1.27. The van der Waals surface area contributed by atoms with Crippen LogP contribution < -0.4 is 5.43 Å². The first-order valence-electron chi connectivity index (χ1n) is 5.39. The molecule has 0 bridgehead atoms. The largest absolute Gasteiger partial charge is 0.477 e. The molecular weight excluding hydrogens is 246 g/mol. The molecule has 0 radical (unpaired) electrons. The number of pyridine rings is 2. The van der Waals surface area contributed by atoms with Crippen LogP contribution >= 0.6 is 0 Å². The average molecular weight is 255 g/mol. The van der Waals surface area contributed by atoms with Crippen LogP contribution in [-0.2, 0) is 6.54 Å². The fourth-order valence-electron chi connectivity index (χ4n) is 1.65. The highest BCUT2D eigenvalue weighted by molar-refractivity contribution is 5.86. The number of rotatable bonds is 3. The van der Waals surface area contributed by atoms with Crippen LogP contribution in [0.2, 0.25) is 0 Å². The van der Waals surface area contributed by atoms with Crippen LogP contribution in [0.15, 0.2) is 41.6 Å². The maximum atomic E-state index is 11.3. The Hall–Kier alpha value is -2.94. The fraction of sp³-hybridized carbons (Fsp3) is 0.0769. The molecule has 1 N–H and O–H groups in total. The quantitative estimate of drug-likeness (QED) is 0.877. The average Bonchev–Trinajstić information content (AvgIpc) is 2.41. The number of aromatic nitrogens is 2. The van der Waals surface area contributed by atoms with Crippen LogP contribution in [0.3, 0.4) is 0 Å². The number of nitriles is 1. The number of aromatic carboxylic acids is 1. The zero-order valence-corrected chi connectivity index (χ0v) is 9.78. The number of nitrogens with zero attached hydrogens (tertiary/aromatic N) is 3. The van der Waals surface area contributed by atoms with Crippen molar-refractivity contribution in [3.05, 3.63) is 63.8 Å². The Bertz CT molecular complexity index is 728. The van der Waals surface area contributed by atoms with Gasteiger partial charge in [-0.05, 0) is 6.07 Å². The van der Waals surface area contributed by atoms with Crippen molar-refractivity contribution in [3.8, 4) is 6.07 Å². The lowest BCUT2D eigenvalue weighted by atomic mass is 10.2. The molecule has 0 unspecified atom stereocenters. The molecule has 0 amide bonds. The first-order chi connectivity index (χ1) is 9.11. The van der Waals surface area contributed by atoms with Gasteiger partial charge in [0, 0.05) is 36.8 Å². The summed E-state index contributed by atoms with van der Waals surface area (Å²) in [5, 5.41) is 17.8. The summed E-state index contributed by atoms with van der Waals surface area (Å²) >= 11 is 0. The summed E-state index contributed by atoms with van der Waals surface area (Å²) in [7, 11) is 0. The van der Waals surface area contributed by atoms with Gasteiger partial charge >= 0.3 is 5.97 Å². The monoisotopic (exact) mass is 255 g/mol. The number of hydrogen-bond acceptors (Lipinski definition) is 4. The zero-order chi connectivity index (χ0) is 13.8. The van der Waals surface area contributed by atoms with Gasteiger partial charge in [-0.3, -0.25) is 4.79 Å². The van der Waals surface area contributed by atoms with Crippen LogP contribution in [0.1, 0.15) is 21.6 Å². The van der Waals surface area contributed by atoms with E-state index in [2.05, 4.69) is 4.98 Å². The number of carboxylic acids is 1. The van der Waals surface area contributed by atoms with Crippen molar-refractivity contribution in [1.29, 1.82) is 5.26 Å². The second-order valence-corrected chi connectivity index (χ2v) is 3.82. The molecule has 6 heteroatoms. The van der Waals surface area contributed by atoms with Crippen LogP contribution in [0.25, 0.3) is 0 Å². The van der Waals surface area contributed by atoms with E-state index in [4.69, 9.17) is 10.4 Å². The number of carboxylic acid groups (broad SMARTS) is 1. The van der Waals surface area contributed by atoms with Crippen molar-refractivity contribution in [2.24, 2.45) is 0 Å². The smallest absolute Gasteiger partial charge is 0.341 e. The van der Waals surface area contributed by atoms with E-state index in [0.717, 1.165) is 0 Å². The van der Waals surface area contributed by atoms with E-state index >= 15 is 0 Å². The van der Waals surface area contributed by atoms with Gasteiger partial charge < -0.3 is 9.67 Å². The highest BCUT2D eigenvalue weighted by Gasteiger charge is 2.09. The number of hydrogen-bond donors (Lipinski definition) is 1. The van der Waals surface area contributed by atoms with Gasteiger partial charge in [-0.2, -0.15) is 5.26 Å². The van der Waals surface area contributed by atoms with Crippen molar-refractivity contribution in [2.45, 2.75) is 6.54 Å². The van der Waals surface area contributed by atoms with Crippen LogP contribution in [0, 0.1) is 11.3 Å². The second kappa shape index (κ2) is 5.14. The molecule has 0 aliphatic carbocycles. The van der Waals surface area contributed by atoms with E-state index in [1.165, 1.54) is 29.2 Å². The molecule has 0 aromatic carbocycles. The molecule has 19 heavy (non-hydrogen) atoms. The molecule has 94 valence electrons. The van der Waals surface area contributed by atoms with Gasteiger partial charge in [-0.15, -0.1) is 0 Å². The summed E-state index contributed by atoms with van der Waals surface area (Å²) in [6, 6.07) is 6.57. The van der Waals surface area contributed by atoms with E-state index in [1.807, 2.05) is 6.07 Å². The highest BCUT2D eigenvalue weighted by Crippen LogP contribution is 2.06. The predicted molar refractivity (Wildman–Crippen MR) is 65.7 cm³/mol. The molecule has 6 nitrogen and oxygen atoms in total. The van der Waals surface area contributed by atoms with E-state index in [1.54, 1.807) is 12.1 Å². The maximum absolute atomic E-state index is 11.3. The van der Waals surface area contributed by atoms with E-state index in [0.29, 0.717) is 5.56 Å². The topological polar surface area (TPSA) is 96.0 Å². The van der Waals surface area contributed by atoms with Gasteiger partial charge in [-0.1, -0.05) is 6.07 Å². The molecule has 0 saturated carbocycles. The molecule has 0 aliphatic heterocycles. The minimum Gasteiger partial charge on any atom is -0.477 e. The second-order valence-electron chi connectivity index (χ2n) is 3.82. The molecular formula is C13H9N3O3. The first-order valence-corrected chi connectivity index (χ1v) is 5.39. The third kappa shape index (κ3) is 2.66. The summed E-state index contributed by atoms with van der Waals surface area (Å²) in [5.41, 5.74) is 0.0865. The molecule has 2 rings (SSSR count). The molecule has 0 saturated heterocycles. The van der Waals surface area contributed by atoms with Gasteiger partial charge in [0.2, 0.25) is 0 Å². The normalized spacial score (nSPS) is 9.84. The molecule has 0 atom stereocenters. The van der Waals surface area contributed by atoms with Crippen molar-refractivity contribution in [3.63, 3.8) is 0 Å². The van der Waals surface area contributed by atoms with Crippen LogP contribution in [0.5, 0.6) is 0 Å². The molecule has 2 aromatic rings. The molecule has 0 fully saturated rings. The van der Waals surface area contributed by atoms with Gasteiger partial charge in [0.15, 0.2) is 5.43 Å². The SMILES string of the molecule is N#Cc1ncccc1Cn1ccc(=O)c(C(=O)O)c1. The Balaban J connectivity index is 2.40. The molecule has 0 aliphatic rings. The van der Waals surface area contributed by atoms with E-state index < -0.39 is 11.4 Å². The van der Waals surface area contributed by atoms with Gasteiger partial charge in [-0.25, -0.2) is 9.78 Å². The Morgan fingerprint density at radius 2 is 2.26 bits per heavy atom. The van der Waals surface area contributed by atoms with Gasteiger partial charge in [0.25, 0.3) is 0 Å². The summed E-state index contributed by atoms with van der Waals surface area (Å²) < 4.78 is 1.53. The predicted octanol–water partition coefficient (Wildman–Crippen LogP) is 0.861. The standard InChI is InChI=1S/C13H9N3O3/c14-6-11-9(2-1-4-15-11)7-16-5-3-12(17)10(8-16)13(18)19/h1-5,8H,7H2,(H,18,19). The van der Waals surface area contributed by atoms with E-state index in [9.17, 15) is 9.59 Å². The zero-order valence-electron chi connectivity index (χ0n) is 9.78. The van der Waals surface area contributed by atoms with Crippen molar-refractivity contribution in [2.75, 3.05) is 0 Å². The van der Waals surface area contributed by atoms with Gasteiger partial charge in [0.05, 0.1) is 0 Å². The van der Waals surface area contributed by atoms with Crippen molar-refractivity contribution in [1.82, 2.24) is 9.55 Å². The minimum absolute atomic E-state index is 0.275. The summed E-state index contributed by atoms with van der Waals surface area (Å²) in [4.78, 5) is 26.1.